The minimum atomic E-state index is -0.0966. The van der Waals surface area contributed by atoms with Crippen LogP contribution in [0.2, 0.25) is 0 Å². The molecule has 100 valence electrons. The van der Waals surface area contributed by atoms with Crippen molar-refractivity contribution >= 4 is 28.5 Å². The van der Waals surface area contributed by atoms with E-state index in [2.05, 4.69) is 27.9 Å². The third-order valence-corrected chi connectivity index (χ3v) is 3.22. The van der Waals surface area contributed by atoms with Crippen molar-refractivity contribution in [3.63, 3.8) is 0 Å². The lowest BCUT2D eigenvalue weighted by atomic mass is 10.2. The highest BCUT2D eigenvalue weighted by Crippen LogP contribution is 2.22. The zero-order valence-corrected chi connectivity index (χ0v) is 12.8. The Morgan fingerprint density at radius 1 is 1.17 bits per heavy atom. The summed E-state index contributed by atoms with van der Waals surface area (Å²) in [5.41, 5.74) is 0.556. The summed E-state index contributed by atoms with van der Waals surface area (Å²) in [4.78, 5) is 11.9. The molecule has 0 aliphatic heterocycles. The third kappa shape index (κ3) is 4.72. The van der Waals surface area contributed by atoms with Gasteiger partial charge >= 0.3 is 0 Å². The molecule has 1 rings (SSSR count). The SMILES string of the molecule is COc1cc(OC)cc(C(=O)NCCCCI)c1. The molecule has 4 nitrogen and oxygen atoms in total. The first-order valence-electron chi connectivity index (χ1n) is 5.78. The van der Waals surface area contributed by atoms with Crippen molar-refractivity contribution < 1.29 is 14.3 Å². The first-order valence-corrected chi connectivity index (χ1v) is 7.31. The highest BCUT2D eigenvalue weighted by atomic mass is 127. The van der Waals surface area contributed by atoms with Crippen LogP contribution >= 0.6 is 22.6 Å². The van der Waals surface area contributed by atoms with Crippen LogP contribution in [0.1, 0.15) is 23.2 Å². The van der Waals surface area contributed by atoms with Gasteiger partial charge in [-0.3, -0.25) is 4.79 Å². The van der Waals surface area contributed by atoms with E-state index in [1.54, 1.807) is 32.4 Å². The molecule has 0 saturated heterocycles. The Bertz CT molecular complexity index is 374. The average molecular weight is 363 g/mol. The Kier molecular flexibility index (Phi) is 6.85. The van der Waals surface area contributed by atoms with Crippen molar-refractivity contribution in [3.8, 4) is 11.5 Å². The first-order chi connectivity index (χ1) is 8.71. The van der Waals surface area contributed by atoms with Crippen LogP contribution in [0.25, 0.3) is 0 Å². The largest absolute Gasteiger partial charge is 0.497 e. The standard InChI is InChI=1S/C13H18INO3/c1-17-11-7-10(8-12(9-11)18-2)13(16)15-6-4-3-5-14/h7-9H,3-6H2,1-2H3,(H,15,16). The summed E-state index contributed by atoms with van der Waals surface area (Å²) in [6.07, 6.45) is 2.11. The lowest BCUT2D eigenvalue weighted by molar-refractivity contribution is 0.0952. The molecule has 0 atom stereocenters. The Morgan fingerprint density at radius 2 is 1.78 bits per heavy atom. The van der Waals surface area contributed by atoms with Gasteiger partial charge in [-0.2, -0.15) is 0 Å². The van der Waals surface area contributed by atoms with Crippen molar-refractivity contribution in [2.75, 3.05) is 25.2 Å². The molecular formula is C13H18INO3. The van der Waals surface area contributed by atoms with E-state index >= 15 is 0 Å². The second-order valence-corrected chi connectivity index (χ2v) is 4.83. The summed E-state index contributed by atoms with van der Waals surface area (Å²) < 4.78 is 11.4. The van der Waals surface area contributed by atoms with E-state index in [4.69, 9.17) is 9.47 Å². The number of rotatable bonds is 7. The van der Waals surface area contributed by atoms with Crippen LogP contribution in [0.4, 0.5) is 0 Å². The van der Waals surface area contributed by atoms with Crippen LogP contribution in [-0.4, -0.2) is 31.1 Å². The topological polar surface area (TPSA) is 47.6 Å². The number of nitrogens with one attached hydrogen (secondary N) is 1. The summed E-state index contributed by atoms with van der Waals surface area (Å²) in [6.45, 7) is 0.696. The molecule has 1 aromatic carbocycles. The van der Waals surface area contributed by atoms with Crippen LogP contribution in [0, 0.1) is 0 Å². The molecule has 1 amide bonds. The third-order valence-electron chi connectivity index (χ3n) is 2.46. The van der Waals surface area contributed by atoms with Crippen LogP contribution in [0.5, 0.6) is 11.5 Å². The molecule has 18 heavy (non-hydrogen) atoms. The minimum Gasteiger partial charge on any atom is -0.497 e. The number of hydrogen-bond donors (Lipinski definition) is 1. The molecule has 0 aromatic heterocycles. The number of methoxy groups -OCH3 is 2. The monoisotopic (exact) mass is 363 g/mol. The second-order valence-electron chi connectivity index (χ2n) is 3.75. The Hall–Kier alpha value is -0.980. The summed E-state index contributed by atoms with van der Waals surface area (Å²) >= 11 is 2.33. The summed E-state index contributed by atoms with van der Waals surface area (Å²) in [7, 11) is 3.13. The van der Waals surface area contributed by atoms with Crippen LogP contribution in [0.15, 0.2) is 18.2 Å². The molecule has 1 aromatic rings. The van der Waals surface area contributed by atoms with Gasteiger partial charge in [0.2, 0.25) is 0 Å². The zero-order valence-electron chi connectivity index (χ0n) is 10.7. The van der Waals surface area contributed by atoms with Crippen molar-refractivity contribution in [2.24, 2.45) is 0 Å². The second kappa shape index (κ2) is 8.18. The molecule has 0 spiro atoms. The normalized spacial score (nSPS) is 9.94. The molecule has 0 bridgehead atoms. The van der Waals surface area contributed by atoms with Crippen molar-refractivity contribution in [3.05, 3.63) is 23.8 Å². The van der Waals surface area contributed by atoms with Gasteiger partial charge in [0.25, 0.3) is 5.91 Å². The number of ether oxygens (including phenoxy) is 2. The van der Waals surface area contributed by atoms with Crippen molar-refractivity contribution in [2.45, 2.75) is 12.8 Å². The van der Waals surface area contributed by atoms with E-state index in [9.17, 15) is 4.79 Å². The van der Waals surface area contributed by atoms with Gasteiger partial charge in [0, 0.05) is 18.2 Å². The van der Waals surface area contributed by atoms with Gasteiger partial charge in [-0.1, -0.05) is 22.6 Å². The maximum Gasteiger partial charge on any atom is 0.251 e. The molecule has 0 radical (unpaired) electrons. The highest BCUT2D eigenvalue weighted by molar-refractivity contribution is 14.1. The fourth-order valence-electron chi connectivity index (χ4n) is 1.46. The van der Waals surface area contributed by atoms with E-state index in [0.29, 0.717) is 23.6 Å². The Balaban J connectivity index is 2.66. The minimum absolute atomic E-state index is 0.0966. The molecule has 0 aliphatic carbocycles. The molecule has 5 heteroatoms. The summed E-state index contributed by atoms with van der Waals surface area (Å²) in [6, 6.07) is 5.15. The number of hydrogen-bond acceptors (Lipinski definition) is 3. The van der Waals surface area contributed by atoms with Crippen LogP contribution in [0.3, 0.4) is 0 Å². The van der Waals surface area contributed by atoms with Gasteiger partial charge in [-0.25, -0.2) is 0 Å². The smallest absolute Gasteiger partial charge is 0.251 e. The fourth-order valence-corrected chi connectivity index (χ4v) is 2.00. The lowest BCUT2D eigenvalue weighted by Crippen LogP contribution is -2.24. The number of amides is 1. The number of alkyl halides is 1. The number of carbonyl (C=O) groups excluding carboxylic acids is 1. The van der Waals surface area contributed by atoms with Gasteiger partial charge in [0.1, 0.15) is 11.5 Å². The van der Waals surface area contributed by atoms with Crippen molar-refractivity contribution in [1.29, 1.82) is 0 Å². The highest BCUT2D eigenvalue weighted by Gasteiger charge is 2.09. The quantitative estimate of drug-likeness (QED) is 0.460. The molecule has 1 N–H and O–H groups in total. The Labute approximate surface area is 121 Å². The molecule has 0 heterocycles. The molecule has 0 aliphatic rings. The van der Waals surface area contributed by atoms with E-state index in [1.807, 2.05) is 0 Å². The van der Waals surface area contributed by atoms with Crippen molar-refractivity contribution in [1.82, 2.24) is 5.32 Å². The summed E-state index contributed by atoms with van der Waals surface area (Å²) in [5.74, 6) is 1.14. The number of halogens is 1. The maximum atomic E-state index is 11.9. The summed E-state index contributed by atoms with van der Waals surface area (Å²) in [5, 5.41) is 2.88. The van der Waals surface area contributed by atoms with E-state index in [0.717, 1.165) is 17.3 Å². The van der Waals surface area contributed by atoms with Gasteiger partial charge in [0.15, 0.2) is 0 Å². The average Bonchev–Trinajstić information content (AvgIpc) is 2.42. The zero-order chi connectivity index (χ0) is 13.4. The number of unbranched alkanes of at least 4 members (excludes halogenated alkanes) is 1. The van der Waals surface area contributed by atoms with Crippen LogP contribution in [-0.2, 0) is 0 Å². The molecule has 0 saturated carbocycles. The van der Waals surface area contributed by atoms with Gasteiger partial charge in [-0.05, 0) is 29.4 Å². The number of benzene rings is 1. The predicted molar refractivity (Wildman–Crippen MR) is 80.0 cm³/mol. The fraction of sp³-hybridized carbons (Fsp3) is 0.462. The molecular weight excluding hydrogens is 345 g/mol. The van der Waals surface area contributed by atoms with E-state index in [1.165, 1.54) is 0 Å². The van der Waals surface area contributed by atoms with E-state index in [-0.39, 0.29) is 5.91 Å². The molecule has 0 unspecified atom stereocenters. The first kappa shape index (κ1) is 15.1. The van der Waals surface area contributed by atoms with Gasteiger partial charge in [0.05, 0.1) is 14.2 Å². The van der Waals surface area contributed by atoms with Gasteiger partial charge < -0.3 is 14.8 Å². The maximum absolute atomic E-state index is 11.9. The Morgan fingerprint density at radius 3 is 2.28 bits per heavy atom. The molecule has 0 fully saturated rings. The predicted octanol–water partition coefficient (Wildman–Crippen LogP) is 2.65. The van der Waals surface area contributed by atoms with Gasteiger partial charge in [-0.15, -0.1) is 0 Å². The number of carbonyl (C=O) groups is 1. The lowest BCUT2D eigenvalue weighted by Gasteiger charge is -2.09. The van der Waals surface area contributed by atoms with E-state index < -0.39 is 0 Å². The van der Waals surface area contributed by atoms with Crippen LogP contribution < -0.4 is 14.8 Å².